The van der Waals surface area contributed by atoms with Crippen molar-refractivity contribution in [2.75, 3.05) is 5.73 Å². The summed E-state index contributed by atoms with van der Waals surface area (Å²) >= 11 is 0. The van der Waals surface area contributed by atoms with Crippen LogP contribution in [0.15, 0.2) is 6.33 Å². The number of anilines is 1. The molecule has 5 heteroatoms. The molecule has 0 spiro atoms. The van der Waals surface area contributed by atoms with Crippen molar-refractivity contribution >= 4 is 17.0 Å². The second kappa shape index (κ2) is 5.50. The Balaban J connectivity index is 2.43. The minimum atomic E-state index is 0.406. The highest BCUT2D eigenvalue weighted by atomic mass is 15.1. The van der Waals surface area contributed by atoms with E-state index in [4.69, 9.17) is 5.73 Å². The number of imidazole rings is 1. The summed E-state index contributed by atoms with van der Waals surface area (Å²) < 4.78 is 1.96. The third-order valence-corrected chi connectivity index (χ3v) is 2.73. The van der Waals surface area contributed by atoms with Crippen LogP contribution >= 0.6 is 0 Å². The molecule has 0 atom stereocenters. The van der Waals surface area contributed by atoms with Gasteiger partial charge < -0.3 is 10.3 Å². The van der Waals surface area contributed by atoms with Crippen molar-refractivity contribution in [3.05, 3.63) is 12.2 Å². The summed E-state index contributed by atoms with van der Waals surface area (Å²) in [5.74, 6) is 7.35. The smallest absolute Gasteiger partial charge is 0.187 e. The summed E-state index contributed by atoms with van der Waals surface area (Å²) in [6, 6.07) is 0. The van der Waals surface area contributed by atoms with Gasteiger partial charge in [0.1, 0.15) is 6.33 Å². The van der Waals surface area contributed by atoms with Crippen molar-refractivity contribution in [2.24, 2.45) is 0 Å². The zero-order valence-corrected chi connectivity index (χ0v) is 10.8. The lowest BCUT2D eigenvalue weighted by molar-refractivity contribution is 0.765. The number of nitrogens with two attached hydrogens (primary N) is 1. The maximum absolute atomic E-state index is 5.79. The minimum absolute atomic E-state index is 0.406. The van der Waals surface area contributed by atoms with Gasteiger partial charge in [-0.25, -0.2) is 15.0 Å². The number of aromatic nitrogens is 4. The van der Waals surface area contributed by atoms with Gasteiger partial charge in [-0.3, -0.25) is 0 Å². The summed E-state index contributed by atoms with van der Waals surface area (Å²) in [5.41, 5.74) is 7.19. The van der Waals surface area contributed by atoms with Crippen molar-refractivity contribution in [1.82, 2.24) is 19.5 Å². The van der Waals surface area contributed by atoms with Crippen LogP contribution in [0.5, 0.6) is 0 Å². The van der Waals surface area contributed by atoms with Gasteiger partial charge in [0, 0.05) is 13.0 Å². The SMILES string of the molecule is CCCCC#Cc1nc2c(N)ncnc2n1CC. The van der Waals surface area contributed by atoms with Gasteiger partial charge in [0.2, 0.25) is 0 Å². The summed E-state index contributed by atoms with van der Waals surface area (Å²) in [6.07, 6.45) is 4.61. The van der Waals surface area contributed by atoms with E-state index < -0.39 is 0 Å². The largest absolute Gasteiger partial charge is 0.382 e. The Kier molecular flexibility index (Phi) is 3.78. The van der Waals surface area contributed by atoms with Gasteiger partial charge in [-0.15, -0.1) is 0 Å². The predicted molar refractivity (Wildman–Crippen MR) is 71.8 cm³/mol. The number of rotatable bonds is 3. The van der Waals surface area contributed by atoms with Crippen LogP contribution in [0.25, 0.3) is 11.2 Å². The second-order valence-corrected chi connectivity index (χ2v) is 4.02. The Morgan fingerprint density at radius 1 is 1.33 bits per heavy atom. The first-order valence-corrected chi connectivity index (χ1v) is 6.23. The van der Waals surface area contributed by atoms with Crippen LogP contribution in [-0.4, -0.2) is 19.5 Å². The van der Waals surface area contributed by atoms with Gasteiger partial charge in [-0.1, -0.05) is 19.3 Å². The van der Waals surface area contributed by atoms with E-state index in [-0.39, 0.29) is 0 Å². The molecular formula is C13H17N5. The van der Waals surface area contributed by atoms with E-state index in [1.54, 1.807) is 0 Å². The molecule has 2 heterocycles. The molecule has 2 aromatic rings. The maximum Gasteiger partial charge on any atom is 0.187 e. The maximum atomic E-state index is 5.79. The molecule has 0 saturated carbocycles. The molecule has 0 aromatic carbocycles. The molecule has 0 amide bonds. The molecule has 0 aliphatic heterocycles. The quantitative estimate of drug-likeness (QED) is 0.661. The van der Waals surface area contributed by atoms with E-state index in [9.17, 15) is 0 Å². The summed E-state index contributed by atoms with van der Waals surface area (Å²) in [4.78, 5) is 12.6. The van der Waals surface area contributed by atoms with Crippen LogP contribution in [0.3, 0.4) is 0 Å². The van der Waals surface area contributed by atoms with Crippen LogP contribution in [0.4, 0.5) is 5.82 Å². The van der Waals surface area contributed by atoms with Gasteiger partial charge in [-0.05, 0) is 19.3 Å². The highest BCUT2D eigenvalue weighted by Crippen LogP contribution is 2.17. The van der Waals surface area contributed by atoms with Crippen molar-refractivity contribution in [1.29, 1.82) is 0 Å². The number of hydrogen-bond donors (Lipinski definition) is 1. The van der Waals surface area contributed by atoms with Crippen LogP contribution in [0, 0.1) is 11.8 Å². The van der Waals surface area contributed by atoms with Crippen LogP contribution < -0.4 is 5.73 Å². The van der Waals surface area contributed by atoms with Crippen molar-refractivity contribution in [2.45, 2.75) is 39.7 Å². The average Bonchev–Trinajstić information content (AvgIpc) is 2.74. The normalized spacial score (nSPS) is 10.3. The monoisotopic (exact) mass is 243 g/mol. The number of aryl methyl sites for hydroxylation is 1. The van der Waals surface area contributed by atoms with Crippen LogP contribution in [0.1, 0.15) is 38.9 Å². The third-order valence-electron chi connectivity index (χ3n) is 2.73. The van der Waals surface area contributed by atoms with E-state index >= 15 is 0 Å². The standard InChI is InChI=1S/C13H17N5/c1-3-5-6-7-8-10-17-11-12(14)15-9-16-13(11)18(10)4-2/h9H,3-6H2,1-2H3,(H2,14,15,16). The van der Waals surface area contributed by atoms with Gasteiger partial charge >= 0.3 is 0 Å². The summed E-state index contributed by atoms with van der Waals surface area (Å²) in [5, 5.41) is 0. The van der Waals surface area contributed by atoms with Gasteiger partial charge in [0.25, 0.3) is 0 Å². The van der Waals surface area contributed by atoms with Crippen LogP contribution in [-0.2, 0) is 6.54 Å². The summed E-state index contributed by atoms with van der Waals surface area (Å²) in [7, 11) is 0. The van der Waals surface area contributed by atoms with E-state index in [1.165, 1.54) is 6.33 Å². The first kappa shape index (κ1) is 12.4. The lowest BCUT2D eigenvalue weighted by Gasteiger charge is -1.99. The number of nitrogens with zero attached hydrogens (tertiary/aromatic N) is 4. The molecule has 94 valence electrons. The third kappa shape index (κ3) is 2.28. The fraction of sp³-hybridized carbons (Fsp3) is 0.462. The highest BCUT2D eigenvalue weighted by Gasteiger charge is 2.11. The molecule has 0 fully saturated rings. The molecule has 0 saturated heterocycles. The topological polar surface area (TPSA) is 69.6 Å². The predicted octanol–water partition coefficient (Wildman–Crippen LogP) is 1.97. The molecule has 2 N–H and O–H groups in total. The second-order valence-electron chi connectivity index (χ2n) is 4.02. The fourth-order valence-corrected chi connectivity index (χ4v) is 1.76. The fourth-order valence-electron chi connectivity index (χ4n) is 1.76. The highest BCUT2D eigenvalue weighted by molar-refractivity contribution is 5.82. The Labute approximate surface area is 106 Å². The molecule has 2 rings (SSSR count). The summed E-state index contributed by atoms with van der Waals surface area (Å²) in [6.45, 7) is 4.96. The number of unbranched alkanes of at least 4 members (excludes halogenated alkanes) is 2. The van der Waals surface area contributed by atoms with E-state index in [0.717, 1.165) is 37.3 Å². The molecule has 0 bridgehead atoms. The molecule has 0 aliphatic rings. The van der Waals surface area contributed by atoms with E-state index in [2.05, 4.69) is 33.7 Å². The number of fused-ring (bicyclic) bond motifs is 1. The number of nitrogen functional groups attached to an aromatic ring is 1. The van der Waals surface area contributed by atoms with E-state index in [1.807, 2.05) is 11.5 Å². The van der Waals surface area contributed by atoms with Crippen molar-refractivity contribution in [3.8, 4) is 11.8 Å². The van der Waals surface area contributed by atoms with Crippen molar-refractivity contribution < 1.29 is 0 Å². The van der Waals surface area contributed by atoms with Gasteiger partial charge in [-0.2, -0.15) is 0 Å². The zero-order chi connectivity index (χ0) is 13.0. The lowest BCUT2D eigenvalue weighted by Crippen LogP contribution is -1.99. The Bertz CT molecular complexity index is 603. The van der Waals surface area contributed by atoms with Crippen LogP contribution in [0.2, 0.25) is 0 Å². The zero-order valence-electron chi connectivity index (χ0n) is 10.8. The van der Waals surface area contributed by atoms with E-state index in [0.29, 0.717) is 11.3 Å². The Morgan fingerprint density at radius 3 is 2.89 bits per heavy atom. The molecule has 0 unspecified atom stereocenters. The molecule has 5 nitrogen and oxygen atoms in total. The molecule has 2 aromatic heterocycles. The molecule has 0 aliphatic carbocycles. The molecular weight excluding hydrogens is 226 g/mol. The molecule has 18 heavy (non-hydrogen) atoms. The molecule has 0 radical (unpaired) electrons. The van der Waals surface area contributed by atoms with Gasteiger partial charge in [0.05, 0.1) is 0 Å². The lowest BCUT2D eigenvalue weighted by atomic mass is 10.2. The first-order valence-electron chi connectivity index (χ1n) is 6.23. The van der Waals surface area contributed by atoms with Crippen molar-refractivity contribution in [3.63, 3.8) is 0 Å². The minimum Gasteiger partial charge on any atom is -0.382 e. The van der Waals surface area contributed by atoms with Gasteiger partial charge in [0.15, 0.2) is 22.8 Å². The number of hydrogen-bond acceptors (Lipinski definition) is 4. The Hall–Kier alpha value is -2.09. The average molecular weight is 243 g/mol. The first-order chi connectivity index (χ1) is 8.77. The Morgan fingerprint density at radius 2 is 2.17 bits per heavy atom.